The summed E-state index contributed by atoms with van der Waals surface area (Å²) in [7, 11) is 0. The van der Waals surface area contributed by atoms with Crippen LogP contribution in [0.15, 0.2) is 88.2 Å². The van der Waals surface area contributed by atoms with Gasteiger partial charge in [0.2, 0.25) is 6.79 Å². The zero-order chi connectivity index (χ0) is 32.1. The zero-order valence-electron chi connectivity index (χ0n) is 25.0. The quantitative estimate of drug-likeness (QED) is 0.214. The first kappa shape index (κ1) is 29.8. The van der Waals surface area contributed by atoms with E-state index >= 15 is 0 Å². The van der Waals surface area contributed by atoms with Crippen molar-refractivity contribution in [3.05, 3.63) is 137 Å². The molecule has 0 unspecified atom stereocenters. The Balaban J connectivity index is 1.46. The summed E-state index contributed by atoms with van der Waals surface area (Å²) < 4.78 is 34.6. The van der Waals surface area contributed by atoms with Gasteiger partial charge in [0, 0.05) is 22.6 Å². The average molecular weight is 656 g/mol. The number of halogens is 2. The minimum Gasteiger partial charge on any atom is -0.463 e. The normalized spacial score (nSPS) is 15.6. The number of carbonyl (C=O) groups excluding carboxylic acids is 1. The predicted molar refractivity (Wildman–Crippen MR) is 174 cm³/mol. The number of benzene rings is 3. The maximum absolute atomic E-state index is 14.3. The van der Waals surface area contributed by atoms with E-state index in [4.69, 9.17) is 30.8 Å². The van der Waals surface area contributed by atoms with E-state index in [-0.39, 0.29) is 29.6 Å². The van der Waals surface area contributed by atoms with Gasteiger partial charge in [0.25, 0.3) is 5.56 Å². The fourth-order valence-electron chi connectivity index (χ4n) is 5.94. The molecule has 0 amide bonds. The summed E-state index contributed by atoms with van der Waals surface area (Å²) in [5, 5.41) is 0.0231. The van der Waals surface area contributed by atoms with Crippen molar-refractivity contribution in [1.29, 1.82) is 0 Å². The highest BCUT2D eigenvalue weighted by atomic mass is 35.5. The van der Waals surface area contributed by atoms with Crippen molar-refractivity contribution in [2.75, 3.05) is 13.4 Å². The van der Waals surface area contributed by atoms with Gasteiger partial charge in [-0.25, -0.2) is 14.2 Å². The highest BCUT2D eigenvalue weighted by molar-refractivity contribution is 7.07. The minimum absolute atomic E-state index is 0.0231. The molecule has 0 bridgehead atoms. The Kier molecular flexibility index (Phi) is 7.62. The molecule has 1 atom stereocenters. The molecule has 8 nitrogen and oxygen atoms in total. The van der Waals surface area contributed by atoms with Crippen LogP contribution in [0.1, 0.15) is 41.0 Å². The molecule has 0 fully saturated rings. The van der Waals surface area contributed by atoms with Gasteiger partial charge >= 0.3 is 5.97 Å². The van der Waals surface area contributed by atoms with E-state index in [2.05, 4.69) is 0 Å². The molecule has 11 heteroatoms. The van der Waals surface area contributed by atoms with E-state index in [1.807, 2.05) is 67.0 Å². The van der Waals surface area contributed by atoms with E-state index in [1.165, 1.54) is 17.4 Å². The Hall–Kier alpha value is -4.93. The molecule has 0 aliphatic carbocycles. The number of esters is 1. The van der Waals surface area contributed by atoms with Gasteiger partial charge in [0.1, 0.15) is 5.82 Å². The number of carbonyl (C=O) groups is 1. The predicted octanol–water partition coefficient (Wildman–Crippen LogP) is 5.86. The third-order valence-electron chi connectivity index (χ3n) is 8.00. The Bertz CT molecular complexity index is 2250. The Morgan fingerprint density at radius 1 is 1.09 bits per heavy atom. The van der Waals surface area contributed by atoms with Gasteiger partial charge in [-0.2, -0.15) is 0 Å². The van der Waals surface area contributed by atoms with Crippen LogP contribution < -0.4 is 24.4 Å². The molecule has 2 aliphatic rings. The van der Waals surface area contributed by atoms with Gasteiger partial charge in [-0.3, -0.25) is 9.36 Å². The summed E-state index contributed by atoms with van der Waals surface area (Å²) in [5.74, 6) is 0.0418. The fraction of sp³-hybridized carbons (Fsp3) is 0.171. The lowest BCUT2D eigenvalue weighted by Gasteiger charge is -2.26. The number of ether oxygens (including phenoxy) is 3. The third kappa shape index (κ3) is 5.03. The second-order valence-electron chi connectivity index (χ2n) is 10.8. The summed E-state index contributed by atoms with van der Waals surface area (Å²) in [6.07, 6.45) is 1.82. The number of thiazole rings is 1. The molecular weight excluding hydrogens is 629 g/mol. The smallest absolute Gasteiger partial charge is 0.338 e. The van der Waals surface area contributed by atoms with Crippen molar-refractivity contribution >= 4 is 40.7 Å². The fourth-order valence-corrected chi connectivity index (χ4v) is 7.10. The van der Waals surface area contributed by atoms with E-state index in [0.717, 1.165) is 22.5 Å². The molecular formula is C35H27ClFN3O5S. The molecule has 0 saturated carbocycles. The van der Waals surface area contributed by atoms with Crippen LogP contribution >= 0.6 is 22.9 Å². The minimum atomic E-state index is -0.851. The monoisotopic (exact) mass is 655 g/mol. The molecule has 232 valence electrons. The zero-order valence-corrected chi connectivity index (χ0v) is 26.6. The molecule has 7 rings (SSSR count). The van der Waals surface area contributed by atoms with E-state index in [0.29, 0.717) is 37.8 Å². The lowest BCUT2D eigenvalue weighted by atomic mass is 9.93. The molecule has 0 spiro atoms. The number of aromatic nitrogens is 2. The maximum atomic E-state index is 14.3. The average Bonchev–Trinajstić information content (AvgIpc) is 3.73. The summed E-state index contributed by atoms with van der Waals surface area (Å²) in [6, 6.07) is 20.4. The van der Waals surface area contributed by atoms with Gasteiger partial charge in [0.15, 0.2) is 16.3 Å². The van der Waals surface area contributed by atoms with Crippen LogP contribution in [0.3, 0.4) is 0 Å². The molecule has 5 aromatic rings. The first-order chi connectivity index (χ1) is 22.2. The van der Waals surface area contributed by atoms with Crippen LogP contribution in [-0.4, -0.2) is 28.5 Å². The van der Waals surface area contributed by atoms with Crippen LogP contribution in [0.5, 0.6) is 11.5 Å². The van der Waals surface area contributed by atoms with Gasteiger partial charge in [-0.05, 0) is 74.4 Å². The van der Waals surface area contributed by atoms with Crippen molar-refractivity contribution in [2.24, 2.45) is 4.99 Å². The van der Waals surface area contributed by atoms with Crippen LogP contribution in [-0.2, 0) is 9.53 Å². The number of fused-ring (bicyclic) bond motifs is 2. The van der Waals surface area contributed by atoms with Crippen LogP contribution in [0, 0.1) is 19.7 Å². The molecule has 0 N–H and O–H groups in total. The SMILES string of the molecule is CCOC(=O)C1=C(c2ccccc2)N=c2s/c(=C/c3cc(C)n(-c4ccc(F)c(Cl)c4)c3C)c(=O)n2[C@@H]1c1ccc2c(c1)OCO2. The van der Waals surface area contributed by atoms with Gasteiger partial charge < -0.3 is 18.8 Å². The van der Waals surface area contributed by atoms with Crippen molar-refractivity contribution in [3.63, 3.8) is 0 Å². The molecule has 0 saturated heterocycles. The van der Waals surface area contributed by atoms with Crippen molar-refractivity contribution in [2.45, 2.75) is 26.8 Å². The molecule has 2 aromatic heterocycles. The number of hydrogen-bond acceptors (Lipinski definition) is 7. The van der Waals surface area contributed by atoms with E-state index in [1.54, 1.807) is 35.8 Å². The van der Waals surface area contributed by atoms with Gasteiger partial charge in [0.05, 0.1) is 33.5 Å². The standard InChI is InChI=1S/C35H27ClFN3O5S/c1-4-43-34(42)30-31(21-8-6-5-7-9-21)38-35-40(32(30)22-10-13-27-28(15-22)45-18-44-27)33(41)29(46-35)16-23-14-19(2)39(20(23)3)24-11-12-26(37)25(36)17-24/h5-17,32H,4,18H2,1-3H3/b29-16+/t32-/m1/s1. The Labute approximate surface area is 271 Å². The largest absolute Gasteiger partial charge is 0.463 e. The molecule has 46 heavy (non-hydrogen) atoms. The Morgan fingerprint density at radius 3 is 2.63 bits per heavy atom. The number of hydrogen-bond donors (Lipinski definition) is 0. The van der Waals surface area contributed by atoms with Crippen LogP contribution in [0.25, 0.3) is 17.5 Å². The second kappa shape index (κ2) is 11.8. The Morgan fingerprint density at radius 2 is 1.87 bits per heavy atom. The number of aryl methyl sites for hydroxylation is 1. The summed E-state index contributed by atoms with van der Waals surface area (Å²) >= 11 is 7.32. The third-order valence-corrected chi connectivity index (χ3v) is 9.28. The van der Waals surface area contributed by atoms with Crippen molar-refractivity contribution < 1.29 is 23.4 Å². The molecule has 0 radical (unpaired) electrons. The van der Waals surface area contributed by atoms with Gasteiger partial charge in [-0.15, -0.1) is 0 Å². The van der Waals surface area contributed by atoms with Crippen molar-refractivity contribution in [1.82, 2.24) is 9.13 Å². The first-order valence-corrected chi connectivity index (χ1v) is 15.8. The highest BCUT2D eigenvalue weighted by Gasteiger charge is 2.36. The maximum Gasteiger partial charge on any atom is 0.338 e. The molecule has 3 aromatic carbocycles. The number of rotatable bonds is 6. The van der Waals surface area contributed by atoms with E-state index in [9.17, 15) is 14.0 Å². The lowest BCUT2D eigenvalue weighted by molar-refractivity contribution is -0.138. The van der Waals surface area contributed by atoms with Crippen LogP contribution in [0.4, 0.5) is 4.39 Å². The lowest BCUT2D eigenvalue weighted by Crippen LogP contribution is -2.40. The summed E-state index contributed by atoms with van der Waals surface area (Å²) in [5.41, 5.74) is 4.97. The highest BCUT2D eigenvalue weighted by Crippen LogP contribution is 2.40. The van der Waals surface area contributed by atoms with Gasteiger partial charge in [-0.1, -0.05) is 59.3 Å². The first-order valence-electron chi connectivity index (χ1n) is 14.6. The van der Waals surface area contributed by atoms with Crippen molar-refractivity contribution in [3.8, 4) is 17.2 Å². The summed E-state index contributed by atoms with van der Waals surface area (Å²) in [4.78, 5) is 33.4. The molecule has 4 heterocycles. The molecule has 2 aliphatic heterocycles. The van der Waals surface area contributed by atoms with Crippen LogP contribution in [0.2, 0.25) is 5.02 Å². The van der Waals surface area contributed by atoms with E-state index < -0.39 is 17.8 Å². The second-order valence-corrected chi connectivity index (χ2v) is 12.2. The number of nitrogens with zero attached hydrogens (tertiary/aromatic N) is 3. The topological polar surface area (TPSA) is 84.1 Å². The summed E-state index contributed by atoms with van der Waals surface area (Å²) in [6.45, 7) is 5.83.